The number of sulfonamides is 1. The fourth-order valence-electron chi connectivity index (χ4n) is 2.78. The SMILES string of the molecule is Cc1ccccc1S(=O)(=O)NCc1ccc2c(c1)n(C)c(=O)n2C. The molecule has 2 aromatic carbocycles. The molecule has 6 nitrogen and oxygen atoms in total. The lowest BCUT2D eigenvalue weighted by Gasteiger charge is -2.09. The molecule has 0 amide bonds. The third-order valence-electron chi connectivity index (χ3n) is 4.19. The van der Waals surface area contributed by atoms with Crippen LogP contribution in [-0.4, -0.2) is 17.6 Å². The Bertz CT molecular complexity index is 1080. The quantitative estimate of drug-likeness (QED) is 0.782. The molecule has 0 unspecified atom stereocenters. The number of imidazole rings is 1. The zero-order chi connectivity index (χ0) is 17.5. The average Bonchev–Trinajstić information content (AvgIpc) is 2.78. The van der Waals surface area contributed by atoms with Crippen LogP contribution in [0.25, 0.3) is 11.0 Å². The summed E-state index contributed by atoms with van der Waals surface area (Å²) in [6.07, 6.45) is 0. The largest absolute Gasteiger partial charge is 0.328 e. The van der Waals surface area contributed by atoms with Crippen LogP contribution in [0, 0.1) is 6.92 Å². The molecule has 0 spiro atoms. The normalized spacial score (nSPS) is 12.0. The molecule has 0 aliphatic heterocycles. The van der Waals surface area contributed by atoms with Crippen LogP contribution in [0.1, 0.15) is 11.1 Å². The van der Waals surface area contributed by atoms with Crippen LogP contribution in [0.2, 0.25) is 0 Å². The highest BCUT2D eigenvalue weighted by molar-refractivity contribution is 7.89. The molecule has 3 rings (SSSR count). The second-order valence-corrected chi connectivity index (χ2v) is 7.55. The van der Waals surface area contributed by atoms with E-state index in [0.717, 1.165) is 16.6 Å². The van der Waals surface area contributed by atoms with E-state index in [1.807, 2.05) is 18.2 Å². The minimum Gasteiger partial charge on any atom is -0.295 e. The topological polar surface area (TPSA) is 73.1 Å². The smallest absolute Gasteiger partial charge is 0.295 e. The molecule has 0 saturated carbocycles. The third-order valence-corrected chi connectivity index (χ3v) is 5.75. The van der Waals surface area contributed by atoms with E-state index in [2.05, 4.69) is 4.72 Å². The Morgan fingerprint density at radius 1 is 1.00 bits per heavy atom. The van der Waals surface area contributed by atoms with Gasteiger partial charge in [0.2, 0.25) is 10.0 Å². The Morgan fingerprint density at radius 2 is 1.67 bits per heavy atom. The van der Waals surface area contributed by atoms with Gasteiger partial charge in [0.15, 0.2) is 0 Å². The van der Waals surface area contributed by atoms with Gasteiger partial charge >= 0.3 is 5.69 Å². The first-order valence-electron chi connectivity index (χ1n) is 7.51. The summed E-state index contributed by atoms with van der Waals surface area (Å²) in [4.78, 5) is 12.2. The number of aryl methyl sites for hydroxylation is 3. The van der Waals surface area contributed by atoms with Gasteiger partial charge < -0.3 is 0 Å². The lowest BCUT2D eigenvalue weighted by Crippen LogP contribution is -2.24. The summed E-state index contributed by atoms with van der Waals surface area (Å²) in [5.41, 5.74) is 2.97. The van der Waals surface area contributed by atoms with E-state index in [1.165, 1.54) is 0 Å². The van der Waals surface area contributed by atoms with Crippen molar-refractivity contribution in [1.29, 1.82) is 0 Å². The molecule has 0 fully saturated rings. The summed E-state index contributed by atoms with van der Waals surface area (Å²) in [5.74, 6) is 0. The standard InChI is InChI=1S/C17H19N3O3S/c1-12-6-4-5-7-16(12)24(22,23)18-11-13-8-9-14-15(10-13)20(3)17(21)19(14)2/h4-10,18H,11H2,1-3H3. The summed E-state index contributed by atoms with van der Waals surface area (Å²) >= 11 is 0. The molecule has 3 aromatic rings. The Balaban J connectivity index is 1.90. The number of fused-ring (bicyclic) bond motifs is 1. The molecule has 126 valence electrons. The van der Waals surface area contributed by atoms with E-state index in [9.17, 15) is 13.2 Å². The van der Waals surface area contributed by atoms with Crippen LogP contribution in [0.15, 0.2) is 52.2 Å². The van der Waals surface area contributed by atoms with Gasteiger partial charge in [-0.2, -0.15) is 0 Å². The van der Waals surface area contributed by atoms with Gasteiger partial charge in [-0.15, -0.1) is 0 Å². The van der Waals surface area contributed by atoms with Crippen LogP contribution in [-0.2, 0) is 30.7 Å². The Labute approximate surface area is 140 Å². The van der Waals surface area contributed by atoms with Crippen LogP contribution in [0.4, 0.5) is 0 Å². The fraction of sp³-hybridized carbons (Fsp3) is 0.235. The Kier molecular flexibility index (Phi) is 4.06. The monoisotopic (exact) mass is 345 g/mol. The molecule has 7 heteroatoms. The van der Waals surface area contributed by atoms with E-state index in [0.29, 0.717) is 5.56 Å². The molecular formula is C17H19N3O3S. The highest BCUT2D eigenvalue weighted by Crippen LogP contribution is 2.16. The molecule has 1 heterocycles. The second kappa shape index (κ2) is 5.92. The van der Waals surface area contributed by atoms with Gasteiger partial charge in [-0.05, 0) is 36.2 Å². The number of hydrogen-bond donors (Lipinski definition) is 1. The number of aromatic nitrogens is 2. The van der Waals surface area contributed by atoms with E-state index in [4.69, 9.17) is 0 Å². The lowest BCUT2D eigenvalue weighted by molar-refractivity contribution is 0.580. The van der Waals surface area contributed by atoms with Crippen molar-refractivity contribution in [3.05, 3.63) is 64.1 Å². The fourth-order valence-corrected chi connectivity index (χ4v) is 4.04. The highest BCUT2D eigenvalue weighted by Gasteiger charge is 2.16. The van der Waals surface area contributed by atoms with E-state index in [-0.39, 0.29) is 17.1 Å². The molecule has 24 heavy (non-hydrogen) atoms. The van der Waals surface area contributed by atoms with Crippen molar-refractivity contribution in [2.24, 2.45) is 14.1 Å². The number of rotatable bonds is 4. The third kappa shape index (κ3) is 2.76. The van der Waals surface area contributed by atoms with Crippen molar-refractivity contribution in [2.75, 3.05) is 0 Å². The minimum absolute atomic E-state index is 0.109. The Hall–Kier alpha value is -2.38. The molecule has 0 bridgehead atoms. The Morgan fingerprint density at radius 3 is 2.38 bits per heavy atom. The molecule has 0 aliphatic rings. The van der Waals surface area contributed by atoms with Crippen molar-refractivity contribution in [3.63, 3.8) is 0 Å². The first kappa shape index (κ1) is 16.5. The van der Waals surface area contributed by atoms with Crippen molar-refractivity contribution in [3.8, 4) is 0 Å². The molecule has 0 aliphatic carbocycles. The zero-order valence-electron chi connectivity index (χ0n) is 13.8. The van der Waals surface area contributed by atoms with Crippen LogP contribution < -0.4 is 10.4 Å². The maximum atomic E-state index is 12.4. The molecule has 0 radical (unpaired) electrons. The molecule has 1 N–H and O–H groups in total. The maximum Gasteiger partial charge on any atom is 0.328 e. The first-order valence-corrected chi connectivity index (χ1v) is 8.99. The number of hydrogen-bond acceptors (Lipinski definition) is 3. The van der Waals surface area contributed by atoms with Crippen molar-refractivity contribution in [1.82, 2.24) is 13.9 Å². The van der Waals surface area contributed by atoms with E-state index < -0.39 is 10.0 Å². The van der Waals surface area contributed by atoms with Gasteiger partial charge in [-0.1, -0.05) is 24.3 Å². The van der Waals surface area contributed by atoms with E-state index >= 15 is 0 Å². The predicted molar refractivity (Wildman–Crippen MR) is 93.4 cm³/mol. The minimum atomic E-state index is -3.58. The summed E-state index contributed by atoms with van der Waals surface area (Å²) in [6, 6.07) is 12.3. The summed E-state index contributed by atoms with van der Waals surface area (Å²) in [5, 5.41) is 0. The second-order valence-electron chi connectivity index (χ2n) is 5.81. The van der Waals surface area contributed by atoms with Gasteiger partial charge in [-0.3, -0.25) is 9.13 Å². The van der Waals surface area contributed by atoms with Gasteiger partial charge in [0.05, 0.1) is 15.9 Å². The van der Waals surface area contributed by atoms with Crippen LogP contribution in [0.3, 0.4) is 0 Å². The number of benzene rings is 2. The molecule has 0 saturated heterocycles. The highest BCUT2D eigenvalue weighted by atomic mass is 32.2. The average molecular weight is 345 g/mol. The first-order chi connectivity index (χ1) is 11.3. The van der Waals surface area contributed by atoms with Gasteiger partial charge in [0.1, 0.15) is 0 Å². The lowest BCUT2D eigenvalue weighted by atomic mass is 10.2. The molecular weight excluding hydrogens is 326 g/mol. The molecule has 1 aromatic heterocycles. The number of nitrogens with zero attached hydrogens (tertiary/aromatic N) is 2. The van der Waals surface area contributed by atoms with Crippen LogP contribution in [0.5, 0.6) is 0 Å². The molecule has 0 atom stereocenters. The van der Waals surface area contributed by atoms with Gasteiger partial charge in [-0.25, -0.2) is 17.9 Å². The summed E-state index contributed by atoms with van der Waals surface area (Å²) in [7, 11) is -0.165. The van der Waals surface area contributed by atoms with Crippen molar-refractivity contribution < 1.29 is 8.42 Å². The van der Waals surface area contributed by atoms with Gasteiger partial charge in [0.25, 0.3) is 0 Å². The van der Waals surface area contributed by atoms with Gasteiger partial charge in [0, 0.05) is 20.6 Å². The summed E-state index contributed by atoms with van der Waals surface area (Å²) < 4.78 is 30.6. The maximum absolute atomic E-state index is 12.4. The van der Waals surface area contributed by atoms with E-state index in [1.54, 1.807) is 54.4 Å². The summed E-state index contributed by atoms with van der Waals surface area (Å²) in [6.45, 7) is 1.93. The zero-order valence-corrected chi connectivity index (χ0v) is 14.6. The predicted octanol–water partition coefficient (Wildman–Crippen LogP) is 1.66. The van der Waals surface area contributed by atoms with Crippen molar-refractivity contribution >= 4 is 21.1 Å². The number of nitrogens with one attached hydrogen (secondary N) is 1. The van der Waals surface area contributed by atoms with Crippen LogP contribution >= 0.6 is 0 Å². The van der Waals surface area contributed by atoms with Crippen molar-refractivity contribution in [2.45, 2.75) is 18.4 Å².